The van der Waals surface area contributed by atoms with Crippen LogP contribution < -0.4 is 10.1 Å². The summed E-state index contributed by atoms with van der Waals surface area (Å²) in [5, 5.41) is 4.50. The molecular formula is C23H25Cl3N2O3. The third-order valence-electron chi connectivity index (χ3n) is 5.43. The maximum atomic E-state index is 13.1. The van der Waals surface area contributed by atoms with Crippen molar-refractivity contribution in [3.05, 3.63) is 63.1 Å². The number of benzene rings is 2. The maximum absolute atomic E-state index is 13.1. The summed E-state index contributed by atoms with van der Waals surface area (Å²) in [6.07, 6.45) is 4.13. The normalized spacial score (nSPS) is 14.8. The van der Waals surface area contributed by atoms with Crippen molar-refractivity contribution in [2.75, 3.05) is 6.61 Å². The Morgan fingerprint density at radius 3 is 2.29 bits per heavy atom. The number of amides is 2. The summed E-state index contributed by atoms with van der Waals surface area (Å²) in [4.78, 5) is 27.4. The van der Waals surface area contributed by atoms with Crippen LogP contribution in [0.1, 0.15) is 38.2 Å². The van der Waals surface area contributed by atoms with Gasteiger partial charge in [-0.25, -0.2) is 0 Å². The lowest BCUT2D eigenvalue weighted by Crippen LogP contribution is -2.50. The second kappa shape index (κ2) is 11.1. The van der Waals surface area contributed by atoms with E-state index in [-0.39, 0.29) is 31.0 Å². The zero-order valence-electron chi connectivity index (χ0n) is 17.2. The minimum Gasteiger partial charge on any atom is -0.484 e. The van der Waals surface area contributed by atoms with Crippen LogP contribution in [0.25, 0.3) is 0 Å². The number of hydrogen-bond acceptors (Lipinski definition) is 3. The molecule has 2 aromatic carbocycles. The number of hydrogen-bond donors (Lipinski definition) is 1. The molecule has 1 atom stereocenters. The molecule has 0 aliphatic heterocycles. The number of nitrogens with one attached hydrogen (secondary N) is 1. The van der Waals surface area contributed by atoms with Gasteiger partial charge in [0.15, 0.2) is 6.61 Å². The van der Waals surface area contributed by atoms with Crippen molar-refractivity contribution in [2.24, 2.45) is 0 Å². The summed E-state index contributed by atoms with van der Waals surface area (Å²) < 4.78 is 5.62. The van der Waals surface area contributed by atoms with Gasteiger partial charge in [-0.05, 0) is 56.2 Å². The van der Waals surface area contributed by atoms with Crippen LogP contribution in [-0.4, -0.2) is 35.4 Å². The van der Waals surface area contributed by atoms with Gasteiger partial charge in [-0.2, -0.15) is 0 Å². The quantitative estimate of drug-likeness (QED) is 0.539. The van der Waals surface area contributed by atoms with Gasteiger partial charge in [0, 0.05) is 33.2 Å². The number of carbonyl (C=O) groups is 2. The van der Waals surface area contributed by atoms with Gasteiger partial charge in [-0.3, -0.25) is 9.59 Å². The summed E-state index contributed by atoms with van der Waals surface area (Å²) in [5.41, 5.74) is 0.589. The third-order valence-corrected chi connectivity index (χ3v) is 6.40. The Morgan fingerprint density at radius 1 is 1.06 bits per heavy atom. The molecule has 31 heavy (non-hydrogen) atoms. The van der Waals surface area contributed by atoms with Crippen LogP contribution in [-0.2, 0) is 16.1 Å². The summed E-state index contributed by atoms with van der Waals surface area (Å²) in [6, 6.07) is 11.3. The first-order valence-corrected chi connectivity index (χ1v) is 11.4. The lowest BCUT2D eigenvalue weighted by atomic mass is 10.1. The molecule has 1 fully saturated rings. The van der Waals surface area contributed by atoms with Crippen molar-refractivity contribution in [1.82, 2.24) is 10.2 Å². The zero-order chi connectivity index (χ0) is 22.4. The first kappa shape index (κ1) is 23.7. The monoisotopic (exact) mass is 482 g/mol. The minimum atomic E-state index is -0.714. The van der Waals surface area contributed by atoms with Crippen LogP contribution in [0.4, 0.5) is 0 Å². The van der Waals surface area contributed by atoms with E-state index < -0.39 is 6.04 Å². The molecule has 1 aliphatic carbocycles. The van der Waals surface area contributed by atoms with E-state index in [4.69, 9.17) is 39.5 Å². The van der Waals surface area contributed by atoms with Gasteiger partial charge in [0.2, 0.25) is 5.91 Å². The SMILES string of the molecule is C[C@@H](C(=O)NC1CCCC1)N(Cc1c(Cl)cccc1Cl)C(=O)COc1ccc(Cl)cc1. The minimum absolute atomic E-state index is 0.0978. The Labute approximate surface area is 197 Å². The molecule has 2 amide bonds. The highest BCUT2D eigenvalue weighted by atomic mass is 35.5. The highest BCUT2D eigenvalue weighted by molar-refractivity contribution is 6.36. The predicted molar refractivity (Wildman–Crippen MR) is 124 cm³/mol. The largest absolute Gasteiger partial charge is 0.484 e. The van der Waals surface area contributed by atoms with E-state index in [0.29, 0.717) is 26.4 Å². The molecule has 5 nitrogen and oxygen atoms in total. The molecule has 1 N–H and O–H groups in total. The highest BCUT2D eigenvalue weighted by Gasteiger charge is 2.29. The van der Waals surface area contributed by atoms with Crippen molar-refractivity contribution in [3.8, 4) is 5.75 Å². The molecule has 0 radical (unpaired) electrons. The standard InChI is InChI=1S/C23H25Cl3N2O3/c1-15(23(30)27-17-5-2-3-6-17)28(13-19-20(25)7-4-8-21(19)26)22(29)14-31-18-11-9-16(24)10-12-18/h4,7-12,15,17H,2-3,5-6,13-14H2,1H3,(H,27,30)/t15-/m0/s1. The third kappa shape index (κ3) is 6.52. The Balaban J connectivity index is 1.75. The first-order chi connectivity index (χ1) is 14.8. The van der Waals surface area contributed by atoms with Gasteiger partial charge in [0.25, 0.3) is 5.91 Å². The van der Waals surface area contributed by atoms with Gasteiger partial charge >= 0.3 is 0 Å². The Kier molecular flexibility index (Phi) is 8.47. The number of ether oxygens (including phenoxy) is 1. The molecule has 0 heterocycles. The van der Waals surface area contributed by atoms with E-state index in [0.717, 1.165) is 25.7 Å². The molecule has 1 saturated carbocycles. The lowest BCUT2D eigenvalue weighted by molar-refractivity contribution is -0.142. The summed E-state index contributed by atoms with van der Waals surface area (Å²) in [5.74, 6) is -0.0357. The Bertz CT molecular complexity index is 895. The maximum Gasteiger partial charge on any atom is 0.261 e. The first-order valence-electron chi connectivity index (χ1n) is 10.3. The second-order valence-corrected chi connectivity index (χ2v) is 8.88. The number of halogens is 3. The molecule has 3 rings (SSSR count). The Hall–Kier alpha value is -1.95. The van der Waals surface area contributed by atoms with Crippen LogP contribution in [0.5, 0.6) is 5.75 Å². The molecule has 0 aromatic heterocycles. The number of carbonyl (C=O) groups excluding carboxylic acids is 2. The molecule has 0 spiro atoms. The van der Waals surface area contributed by atoms with Gasteiger partial charge in [0.1, 0.15) is 11.8 Å². The molecule has 2 aromatic rings. The summed E-state index contributed by atoms with van der Waals surface area (Å²) >= 11 is 18.5. The van der Waals surface area contributed by atoms with E-state index in [1.54, 1.807) is 49.4 Å². The van der Waals surface area contributed by atoms with Crippen LogP contribution in [0.15, 0.2) is 42.5 Å². The van der Waals surface area contributed by atoms with Crippen LogP contribution in [0, 0.1) is 0 Å². The average molecular weight is 484 g/mol. The van der Waals surface area contributed by atoms with Gasteiger partial charge in [-0.1, -0.05) is 53.7 Å². The van der Waals surface area contributed by atoms with Crippen molar-refractivity contribution < 1.29 is 14.3 Å². The summed E-state index contributed by atoms with van der Waals surface area (Å²) in [6.45, 7) is 1.57. The number of rotatable bonds is 8. The van der Waals surface area contributed by atoms with Gasteiger partial charge in [0.05, 0.1) is 0 Å². The Morgan fingerprint density at radius 2 is 1.68 bits per heavy atom. The van der Waals surface area contributed by atoms with Gasteiger partial charge < -0.3 is 15.0 Å². The van der Waals surface area contributed by atoms with E-state index in [1.807, 2.05) is 0 Å². The van der Waals surface area contributed by atoms with Crippen molar-refractivity contribution in [2.45, 2.75) is 51.2 Å². The van der Waals surface area contributed by atoms with E-state index in [1.165, 1.54) is 4.90 Å². The summed E-state index contributed by atoms with van der Waals surface area (Å²) in [7, 11) is 0. The zero-order valence-corrected chi connectivity index (χ0v) is 19.5. The van der Waals surface area contributed by atoms with Crippen molar-refractivity contribution >= 4 is 46.6 Å². The van der Waals surface area contributed by atoms with E-state index >= 15 is 0 Å². The van der Waals surface area contributed by atoms with Crippen molar-refractivity contribution in [3.63, 3.8) is 0 Å². The second-order valence-electron chi connectivity index (χ2n) is 7.63. The molecule has 1 aliphatic rings. The van der Waals surface area contributed by atoms with E-state index in [9.17, 15) is 9.59 Å². The van der Waals surface area contributed by atoms with Crippen molar-refractivity contribution in [1.29, 1.82) is 0 Å². The average Bonchev–Trinajstić information content (AvgIpc) is 3.25. The molecule has 0 unspecified atom stereocenters. The van der Waals surface area contributed by atoms with Gasteiger partial charge in [-0.15, -0.1) is 0 Å². The van der Waals surface area contributed by atoms with Crippen LogP contribution in [0.2, 0.25) is 15.1 Å². The smallest absolute Gasteiger partial charge is 0.261 e. The molecule has 166 valence electrons. The highest BCUT2D eigenvalue weighted by Crippen LogP contribution is 2.27. The molecule has 0 bridgehead atoms. The fraction of sp³-hybridized carbons (Fsp3) is 0.391. The lowest BCUT2D eigenvalue weighted by Gasteiger charge is -2.30. The predicted octanol–water partition coefficient (Wildman–Crippen LogP) is 5.50. The number of nitrogens with zero attached hydrogens (tertiary/aromatic N) is 1. The van der Waals surface area contributed by atoms with E-state index in [2.05, 4.69) is 5.32 Å². The fourth-order valence-corrected chi connectivity index (χ4v) is 4.23. The van der Waals surface area contributed by atoms with Crippen LogP contribution in [0.3, 0.4) is 0 Å². The topological polar surface area (TPSA) is 58.6 Å². The fourth-order valence-electron chi connectivity index (χ4n) is 3.59. The molecule has 8 heteroatoms. The molecule has 0 saturated heterocycles. The van der Waals surface area contributed by atoms with Crippen LogP contribution >= 0.6 is 34.8 Å². The molecular weight excluding hydrogens is 459 g/mol.